The Morgan fingerprint density at radius 2 is 1.69 bits per heavy atom. The van der Waals surface area contributed by atoms with Gasteiger partial charge in [-0.25, -0.2) is 4.79 Å². The lowest BCUT2D eigenvalue weighted by Gasteiger charge is -2.35. The second kappa shape index (κ2) is 13.7. The molecule has 1 aliphatic heterocycles. The van der Waals surface area contributed by atoms with Gasteiger partial charge in [0.25, 0.3) is 5.56 Å². The molecule has 2 aromatic carbocycles. The van der Waals surface area contributed by atoms with Crippen molar-refractivity contribution in [1.29, 1.82) is 0 Å². The van der Waals surface area contributed by atoms with Gasteiger partial charge in [-0.05, 0) is 70.0 Å². The van der Waals surface area contributed by atoms with E-state index in [2.05, 4.69) is 22.0 Å². The Balaban J connectivity index is 0.00000198. The number of amides is 1. The number of aromatic amines is 1. The number of carbonyl (C=O) groups is 1. The number of nitrogens with one attached hydrogen (secondary N) is 1. The molecule has 3 heterocycles. The highest BCUT2D eigenvalue weighted by Crippen LogP contribution is 2.36. The van der Waals surface area contributed by atoms with Crippen LogP contribution in [-0.2, 0) is 18.2 Å². The van der Waals surface area contributed by atoms with E-state index in [1.807, 2.05) is 83.3 Å². The fourth-order valence-corrected chi connectivity index (χ4v) is 5.14. The number of hydrogen-bond donors (Lipinski definition) is 1. The van der Waals surface area contributed by atoms with E-state index in [1.165, 1.54) is 5.56 Å². The molecule has 0 saturated carbocycles. The lowest BCUT2D eigenvalue weighted by Crippen LogP contribution is -2.50. The highest BCUT2D eigenvalue weighted by molar-refractivity contribution is 5.95. The summed E-state index contributed by atoms with van der Waals surface area (Å²) in [4.78, 5) is 32.1. The van der Waals surface area contributed by atoms with Crippen LogP contribution in [0.2, 0.25) is 0 Å². The summed E-state index contributed by atoms with van der Waals surface area (Å²) in [7, 11) is 1.76. The summed E-state index contributed by atoms with van der Waals surface area (Å²) in [6.45, 7) is 13.8. The maximum atomic E-state index is 12.5. The van der Waals surface area contributed by atoms with Gasteiger partial charge in [0.05, 0.1) is 0 Å². The Morgan fingerprint density at radius 3 is 2.43 bits per heavy atom. The van der Waals surface area contributed by atoms with Crippen LogP contribution in [0.15, 0.2) is 71.8 Å². The SMILES string of the molecule is CC.Cn1cc(-c2ccccc2Oc2cccc(CCCN3CCN(C(=O)OC(C)(C)C)CC3)c2)c2cc[nH]c2c1=O. The van der Waals surface area contributed by atoms with Gasteiger partial charge in [0, 0.05) is 62.1 Å². The van der Waals surface area contributed by atoms with E-state index in [0.29, 0.717) is 18.6 Å². The Morgan fingerprint density at radius 1 is 0.952 bits per heavy atom. The number of aryl methyl sites for hydroxylation is 2. The highest BCUT2D eigenvalue weighted by atomic mass is 16.6. The number of benzene rings is 2. The molecule has 1 aliphatic rings. The standard InChI is InChI=1S/C32H38N4O4.C2H6/c1-32(2,3)40-31(38)36-19-17-35(18-20-36)16-8-10-23-9-7-11-24(21-23)39-28-13-6-5-12-25(28)27-22-34(4)30(37)29-26(27)14-15-33-29;1-2/h5-7,9,11-15,21-22,33H,8,10,16-20H2,1-4H3;1-2H3. The molecule has 0 unspecified atom stereocenters. The first kappa shape index (κ1) is 30.9. The molecule has 8 heteroatoms. The number of rotatable bonds is 7. The highest BCUT2D eigenvalue weighted by Gasteiger charge is 2.25. The van der Waals surface area contributed by atoms with Crippen LogP contribution in [0.5, 0.6) is 11.5 Å². The number of hydrogen-bond acceptors (Lipinski definition) is 5. The minimum absolute atomic E-state index is 0.0558. The van der Waals surface area contributed by atoms with Crippen LogP contribution < -0.4 is 10.3 Å². The number of fused-ring (bicyclic) bond motifs is 1. The zero-order valence-electron chi connectivity index (χ0n) is 25.8. The molecule has 1 N–H and O–H groups in total. The van der Waals surface area contributed by atoms with E-state index in [4.69, 9.17) is 9.47 Å². The maximum absolute atomic E-state index is 12.5. The zero-order chi connectivity index (χ0) is 30.3. The first-order valence-electron chi connectivity index (χ1n) is 14.9. The molecule has 0 spiro atoms. The van der Waals surface area contributed by atoms with Crippen LogP contribution in [0.3, 0.4) is 0 Å². The van der Waals surface area contributed by atoms with E-state index < -0.39 is 5.60 Å². The van der Waals surface area contributed by atoms with Gasteiger partial charge < -0.3 is 23.9 Å². The molecule has 1 amide bonds. The third-order valence-corrected chi connectivity index (χ3v) is 7.16. The predicted octanol–water partition coefficient (Wildman–Crippen LogP) is 6.84. The quantitative estimate of drug-likeness (QED) is 0.262. The van der Waals surface area contributed by atoms with Gasteiger partial charge in [0.1, 0.15) is 22.6 Å². The summed E-state index contributed by atoms with van der Waals surface area (Å²) in [5.41, 5.74) is 3.15. The van der Waals surface area contributed by atoms with Crippen molar-refractivity contribution in [3.63, 3.8) is 0 Å². The average Bonchev–Trinajstić information content (AvgIpc) is 3.47. The summed E-state index contributed by atoms with van der Waals surface area (Å²) in [5, 5.41) is 0.875. The molecule has 1 saturated heterocycles. The van der Waals surface area contributed by atoms with Gasteiger partial charge in [-0.15, -0.1) is 0 Å². The number of piperazine rings is 1. The molecule has 4 aromatic rings. The predicted molar refractivity (Wildman–Crippen MR) is 169 cm³/mol. The summed E-state index contributed by atoms with van der Waals surface area (Å²) < 4.78 is 13.5. The van der Waals surface area contributed by atoms with Gasteiger partial charge >= 0.3 is 6.09 Å². The molecule has 0 radical (unpaired) electrons. The van der Waals surface area contributed by atoms with Gasteiger partial charge in [0.15, 0.2) is 0 Å². The van der Waals surface area contributed by atoms with Crippen molar-refractivity contribution in [2.75, 3.05) is 32.7 Å². The summed E-state index contributed by atoms with van der Waals surface area (Å²) >= 11 is 0. The molecule has 1 fully saturated rings. The Labute approximate surface area is 248 Å². The molecular weight excluding hydrogens is 528 g/mol. The van der Waals surface area contributed by atoms with E-state index in [1.54, 1.807) is 22.7 Å². The third-order valence-electron chi connectivity index (χ3n) is 7.16. The van der Waals surface area contributed by atoms with Crippen molar-refractivity contribution in [2.45, 2.75) is 53.1 Å². The van der Waals surface area contributed by atoms with Crippen molar-refractivity contribution >= 4 is 17.0 Å². The number of ether oxygens (including phenoxy) is 2. The number of pyridine rings is 1. The fraction of sp³-hybridized carbons (Fsp3) is 0.412. The molecule has 8 nitrogen and oxygen atoms in total. The van der Waals surface area contributed by atoms with Gasteiger partial charge in [-0.2, -0.15) is 0 Å². The monoisotopic (exact) mass is 572 g/mol. The van der Waals surface area contributed by atoms with Crippen LogP contribution in [0.4, 0.5) is 4.79 Å². The molecular formula is C34H44N4O4. The zero-order valence-corrected chi connectivity index (χ0v) is 25.8. The molecule has 0 aliphatic carbocycles. The summed E-state index contributed by atoms with van der Waals surface area (Å²) in [6, 6.07) is 18.1. The minimum Gasteiger partial charge on any atom is -0.457 e. The van der Waals surface area contributed by atoms with Crippen LogP contribution >= 0.6 is 0 Å². The van der Waals surface area contributed by atoms with Crippen molar-refractivity contribution in [2.24, 2.45) is 7.05 Å². The van der Waals surface area contributed by atoms with Gasteiger partial charge in [-0.1, -0.05) is 44.2 Å². The maximum Gasteiger partial charge on any atom is 0.410 e. The van der Waals surface area contributed by atoms with Crippen LogP contribution in [-0.4, -0.2) is 63.8 Å². The molecule has 224 valence electrons. The molecule has 42 heavy (non-hydrogen) atoms. The molecule has 0 atom stereocenters. The topological polar surface area (TPSA) is 79.8 Å². The number of nitrogens with zero attached hydrogens (tertiary/aromatic N) is 3. The number of aromatic nitrogens is 2. The Kier molecular flexibility index (Phi) is 10.1. The average molecular weight is 573 g/mol. The van der Waals surface area contributed by atoms with Crippen molar-refractivity contribution in [3.8, 4) is 22.6 Å². The minimum atomic E-state index is -0.468. The molecule has 0 bridgehead atoms. The van der Waals surface area contributed by atoms with E-state index in [9.17, 15) is 9.59 Å². The fourth-order valence-electron chi connectivity index (χ4n) is 5.14. The second-order valence-corrected chi connectivity index (χ2v) is 11.4. The lowest BCUT2D eigenvalue weighted by atomic mass is 10.0. The lowest BCUT2D eigenvalue weighted by molar-refractivity contribution is 0.0144. The van der Waals surface area contributed by atoms with Crippen molar-refractivity contribution in [3.05, 3.63) is 82.9 Å². The Bertz CT molecular complexity index is 1540. The van der Waals surface area contributed by atoms with E-state index in [-0.39, 0.29) is 11.7 Å². The summed E-state index contributed by atoms with van der Waals surface area (Å²) in [6.07, 6.45) is 5.40. The largest absolute Gasteiger partial charge is 0.457 e. The summed E-state index contributed by atoms with van der Waals surface area (Å²) in [5.74, 6) is 1.52. The molecule has 2 aromatic heterocycles. The van der Waals surface area contributed by atoms with Crippen molar-refractivity contribution in [1.82, 2.24) is 19.4 Å². The number of para-hydroxylation sites is 1. The first-order chi connectivity index (χ1) is 20.2. The van der Waals surface area contributed by atoms with E-state index in [0.717, 1.165) is 60.5 Å². The smallest absolute Gasteiger partial charge is 0.410 e. The van der Waals surface area contributed by atoms with Gasteiger partial charge in [-0.3, -0.25) is 9.69 Å². The van der Waals surface area contributed by atoms with Crippen LogP contribution in [0.1, 0.15) is 46.6 Å². The Hall–Kier alpha value is -4.04. The third kappa shape index (κ3) is 7.62. The number of carbonyl (C=O) groups excluding carboxylic acids is 1. The second-order valence-electron chi connectivity index (χ2n) is 11.4. The van der Waals surface area contributed by atoms with E-state index >= 15 is 0 Å². The first-order valence-corrected chi connectivity index (χ1v) is 14.9. The van der Waals surface area contributed by atoms with Crippen molar-refractivity contribution < 1.29 is 14.3 Å². The normalized spacial score (nSPS) is 13.9. The van der Waals surface area contributed by atoms with Gasteiger partial charge in [0.2, 0.25) is 0 Å². The molecule has 5 rings (SSSR count). The van der Waals surface area contributed by atoms with Crippen LogP contribution in [0.25, 0.3) is 22.0 Å². The number of H-pyrrole nitrogens is 1. The van der Waals surface area contributed by atoms with Crippen LogP contribution in [0, 0.1) is 0 Å².